The number of anilines is 2. The zero-order chi connectivity index (χ0) is 24.7. The third-order valence-corrected chi connectivity index (χ3v) is 7.03. The zero-order valence-corrected chi connectivity index (χ0v) is 20.2. The molecule has 9 heteroatoms. The number of ether oxygens (including phenoxy) is 2. The Balaban J connectivity index is 1.75. The van der Waals surface area contributed by atoms with E-state index in [1.165, 1.54) is 11.3 Å². The van der Waals surface area contributed by atoms with Crippen LogP contribution in [-0.2, 0) is 11.3 Å². The molecule has 0 radical (unpaired) electrons. The average Bonchev–Trinajstić information content (AvgIpc) is 3.23. The van der Waals surface area contributed by atoms with Crippen LogP contribution in [0.15, 0.2) is 54.6 Å². The maximum absolute atomic E-state index is 14.0. The van der Waals surface area contributed by atoms with Crippen LogP contribution >= 0.6 is 11.3 Å². The predicted molar refractivity (Wildman–Crippen MR) is 135 cm³/mol. The van der Waals surface area contributed by atoms with Gasteiger partial charge in [0.1, 0.15) is 21.6 Å². The number of carboxylic acid groups (broad SMARTS) is 1. The summed E-state index contributed by atoms with van der Waals surface area (Å²) < 4.78 is 10.7. The van der Waals surface area contributed by atoms with Crippen LogP contribution in [-0.4, -0.2) is 36.2 Å². The van der Waals surface area contributed by atoms with Crippen LogP contribution < -0.4 is 15.0 Å². The van der Waals surface area contributed by atoms with Crippen LogP contribution in [0.4, 0.5) is 11.4 Å². The monoisotopic (exact) mass is 489 g/mol. The van der Waals surface area contributed by atoms with E-state index in [9.17, 15) is 14.7 Å². The minimum Gasteiger partial charge on any atom is -0.497 e. The van der Waals surface area contributed by atoms with Gasteiger partial charge >= 0.3 is 5.97 Å². The third kappa shape index (κ3) is 3.88. The highest BCUT2D eigenvalue weighted by atomic mass is 32.1. The summed E-state index contributed by atoms with van der Waals surface area (Å²) in [6.07, 6.45) is -0.759. The Morgan fingerprint density at radius 3 is 2.60 bits per heavy atom. The molecule has 0 fully saturated rings. The van der Waals surface area contributed by atoms with Crippen molar-refractivity contribution in [2.24, 2.45) is 0 Å². The molecule has 2 aromatic carbocycles. The summed E-state index contributed by atoms with van der Waals surface area (Å²) in [4.78, 5) is 33.6. The largest absolute Gasteiger partial charge is 0.497 e. The molecule has 5 rings (SSSR count). The number of pyridine rings is 1. The molecule has 0 unspecified atom stereocenters. The molecule has 0 bridgehead atoms. The minimum atomic E-state index is -1.07. The SMILES string of the molecule is COCc1cc(C)nc2sc3c(c12)N[C@H](c1ccccc1C(=O)O)N(c1ccc(OC)cc1)C3=O. The second kappa shape index (κ2) is 9.01. The van der Waals surface area contributed by atoms with Crippen molar-refractivity contribution >= 4 is 44.8 Å². The predicted octanol–water partition coefficient (Wildman–Crippen LogP) is 5.23. The van der Waals surface area contributed by atoms with E-state index >= 15 is 0 Å². The van der Waals surface area contributed by atoms with Gasteiger partial charge in [-0.2, -0.15) is 0 Å². The highest BCUT2D eigenvalue weighted by Gasteiger charge is 2.39. The summed E-state index contributed by atoms with van der Waals surface area (Å²) in [5, 5.41) is 14.2. The standard InChI is InChI=1S/C26H23N3O5S/c1-14-12-15(13-33-2)20-21-22(35-24(20)27-14)25(30)29(16-8-10-17(34-3)11-9-16)23(28-21)18-6-4-5-7-19(18)26(31)32/h4-12,23,28H,13H2,1-3H3,(H,31,32)/t23-/m0/s1. The lowest BCUT2D eigenvalue weighted by Gasteiger charge is -2.37. The first-order chi connectivity index (χ1) is 16.9. The summed E-state index contributed by atoms with van der Waals surface area (Å²) in [5.41, 5.74) is 3.58. The maximum Gasteiger partial charge on any atom is 0.336 e. The number of nitrogens with zero attached hydrogens (tertiary/aromatic N) is 2. The molecule has 0 saturated heterocycles. The van der Waals surface area contributed by atoms with E-state index in [0.717, 1.165) is 21.5 Å². The van der Waals surface area contributed by atoms with Gasteiger partial charge in [0.15, 0.2) is 0 Å². The van der Waals surface area contributed by atoms with Gasteiger partial charge in [-0.3, -0.25) is 9.69 Å². The number of thiophene rings is 1. The number of amides is 1. The fourth-order valence-corrected chi connectivity index (χ4v) is 5.62. The van der Waals surface area contributed by atoms with E-state index in [0.29, 0.717) is 34.2 Å². The normalized spacial score (nSPS) is 15.1. The first-order valence-corrected chi connectivity index (χ1v) is 11.7. The summed E-state index contributed by atoms with van der Waals surface area (Å²) in [7, 11) is 3.20. The number of rotatable bonds is 6. The Bertz CT molecular complexity index is 1450. The third-order valence-electron chi connectivity index (χ3n) is 5.96. The number of aromatic nitrogens is 1. The summed E-state index contributed by atoms with van der Waals surface area (Å²) in [5.74, 6) is -0.652. The van der Waals surface area contributed by atoms with Gasteiger partial charge in [0.05, 0.1) is 25.0 Å². The molecule has 1 aliphatic heterocycles. The fourth-order valence-electron chi connectivity index (χ4n) is 4.45. The second-order valence-corrected chi connectivity index (χ2v) is 9.15. The van der Waals surface area contributed by atoms with Crippen LogP contribution in [0.5, 0.6) is 5.75 Å². The Labute approximate surface area is 205 Å². The van der Waals surface area contributed by atoms with E-state index in [1.54, 1.807) is 67.7 Å². The van der Waals surface area contributed by atoms with Gasteiger partial charge in [0, 0.05) is 29.4 Å². The van der Waals surface area contributed by atoms with Crippen molar-refractivity contribution in [2.75, 3.05) is 24.4 Å². The summed E-state index contributed by atoms with van der Waals surface area (Å²) >= 11 is 1.31. The fraction of sp³-hybridized carbons (Fsp3) is 0.192. The number of hydrogen-bond donors (Lipinski definition) is 2. The highest BCUT2D eigenvalue weighted by molar-refractivity contribution is 7.21. The van der Waals surface area contributed by atoms with Crippen molar-refractivity contribution < 1.29 is 24.2 Å². The van der Waals surface area contributed by atoms with Gasteiger partial charge in [-0.1, -0.05) is 18.2 Å². The molecule has 1 atom stereocenters. The lowest BCUT2D eigenvalue weighted by Crippen LogP contribution is -2.43. The smallest absolute Gasteiger partial charge is 0.336 e. The molecule has 35 heavy (non-hydrogen) atoms. The van der Waals surface area contributed by atoms with Crippen LogP contribution in [0.3, 0.4) is 0 Å². The lowest BCUT2D eigenvalue weighted by atomic mass is 10.00. The molecule has 2 aromatic heterocycles. The number of aryl methyl sites for hydroxylation is 1. The number of hydrogen-bond acceptors (Lipinski definition) is 7. The lowest BCUT2D eigenvalue weighted by molar-refractivity contribution is 0.0694. The van der Waals surface area contributed by atoms with E-state index in [2.05, 4.69) is 10.3 Å². The first kappa shape index (κ1) is 22.8. The Morgan fingerprint density at radius 2 is 1.91 bits per heavy atom. The molecule has 0 aliphatic carbocycles. The Kier molecular flexibility index (Phi) is 5.88. The van der Waals surface area contributed by atoms with Gasteiger partial charge in [0.2, 0.25) is 0 Å². The van der Waals surface area contributed by atoms with Gasteiger partial charge < -0.3 is 19.9 Å². The van der Waals surface area contributed by atoms with Crippen molar-refractivity contribution in [1.82, 2.24) is 4.98 Å². The molecular weight excluding hydrogens is 466 g/mol. The summed E-state index contributed by atoms with van der Waals surface area (Å²) in [6.45, 7) is 2.26. The van der Waals surface area contributed by atoms with Gasteiger partial charge in [-0.25, -0.2) is 9.78 Å². The average molecular weight is 490 g/mol. The van der Waals surface area contributed by atoms with Crippen molar-refractivity contribution in [3.8, 4) is 5.75 Å². The maximum atomic E-state index is 14.0. The van der Waals surface area contributed by atoms with E-state index < -0.39 is 12.1 Å². The molecule has 178 valence electrons. The number of fused-ring (bicyclic) bond motifs is 3. The van der Waals surface area contributed by atoms with E-state index in [1.807, 2.05) is 13.0 Å². The number of carbonyl (C=O) groups is 2. The topological polar surface area (TPSA) is 101 Å². The number of carboxylic acids is 1. The summed E-state index contributed by atoms with van der Waals surface area (Å²) in [6, 6.07) is 15.8. The molecule has 1 amide bonds. The number of methoxy groups -OCH3 is 2. The molecule has 8 nitrogen and oxygen atoms in total. The number of nitrogens with one attached hydrogen (secondary N) is 1. The van der Waals surface area contributed by atoms with Gasteiger partial charge in [0.25, 0.3) is 5.91 Å². The molecule has 3 heterocycles. The van der Waals surface area contributed by atoms with Crippen molar-refractivity contribution in [1.29, 1.82) is 0 Å². The quantitative estimate of drug-likeness (QED) is 0.382. The Morgan fingerprint density at radius 1 is 1.17 bits per heavy atom. The molecule has 4 aromatic rings. The van der Waals surface area contributed by atoms with E-state index in [-0.39, 0.29) is 11.5 Å². The Hall–Kier alpha value is -3.95. The second-order valence-electron chi connectivity index (χ2n) is 8.15. The van der Waals surface area contributed by atoms with E-state index in [4.69, 9.17) is 9.47 Å². The molecule has 0 saturated carbocycles. The van der Waals surface area contributed by atoms with Crippen molar-refractivity contribution in [3.63, 3.8) is 0 Å². The highest BCUT2D eigenvalue weighted by Crippen LogP contribution is 2.46. The van der Waals surface area contributed by atoms with Gasteiger partial charge in [-0.05, 0) is 48.9 Å². The zero-order valence-electron chi connectivity index (χ0n) is 19.4. The number of benzene rings is 2. The van der Waals surface area contributed by atoms with Crippen LogP contribution in [0.1, 0.15) is 43.0 Å². The number of aromatic carboxylic acids is 1. The van der Waals surface area contributed by atoms with Gasteiger partial charge in [-0.15, -0.1) is 11.3 Å². The van der Waals surface area contributed by atoms with Crippen LogP contribution in [0, 0.1) is 6.92 Å². The van der Waals surface area contributed by atoms with Crippen LogP contribution in [0.25, 0.3) is 10.2 Å². The minimum absolute atomic E-state index is 0.116. The first-order valence-electron chi connectivity index (χ1n) is 10.9. The molecular formula is C26H23N3O5S. The molecule has 0 spiro atoms. The van der Waals surface area contributed by atoms with Crippen LogP contribution in [0.2, 0.25) is 0 Å². The van der Waals surface area contributed by atoms with Crippen molar-refractivity contribution in [2.45, 2.75) is 19.7 Å². The number of carbonyl (C=O) groups excluding carboxylic acids is 1. The van der Waals surface area contributed by atoms with Crippen molar-refractivity contribution in [3.05, 3.63) is 81.9 Å². The molecule has 2 N–H and O–H groups in total. The molecule has 1 aliphatic rings.